The lowest BCUT2D eigenvalue weighted by atomic mass is 10.3. The van der Waals surface area contributed by atoms with Gasteiger partial charge in [0.05, 0.1) is 18.4 Å². The van der Waals surface area contributed by atoms with Gasteiger partial charge in [-0.1, -0.05) is 0 Å². The van der Waals surface area contributed by atoms with Gasteiger partial charge in [-0.15, -0.1) is 11.3 Å². The Labute approximate surface area is 102 Å². The lowest BCUT2D eigenvalue weighted by Crippen LogP contribution is -2.00. The van der Waals surface area contributed by atoms with Crippen LogP contribution in [0.3, 0.4) is 0 Å². The highest BCUT2D eigenvalue weighted by Crippen LogP contribution is 2.19. The molecule has 6 heteroatoms. The molecule has 3 heterocycles. The predicted octanol–water partition coefficient (Wildman–Crippen LogP) is 2.33. The zero-order valence-electron chi connectivity index (χ0n) is 9.27. The number of aromatic nitrogens is 4. The predicted molar refractivity (Wildman–Crippen MR) is 68.1 cm³/mol. The summed E-state index contributed by atoms with van der Waals surface area (Å²) in [7, 11) is 0. The number of H-pyrrole nitrogens is 1. The molecular formula is C11H11N5S. The molecule has 3 aromatic heterocycles. The number of hydrogen-bond donors (Lipinski definition) is 2. The maximum atomic E-state index is 4.41. The lowest BCUT2D eigenvalue weighted by Gasteiger charge is -2.04. The largest absolute Gasteiger partial charge is 0.377 e. The topological polar surface area (TPSA) is 66.5 Å². The molecule has 0 spiro atoms. The molecule has 0 atom stereocenters. The molecule has 0 unspecified atom stereocenters. The summed E-state index contributed by atoms with van der Waals surface area (Å²) in [6.45, 7) is 2.72. The SMILES string of the molecule is Cc1csc(CNc2ccnc3cn[nH]c23)n1. The zero-order valence-corrected chi connectivity index (χ0v) is 10.1. The smallest absolute Gasteiger partial charge is 0.112 e. The number of anilines is 1. The van der Waals surface area contributed by atoms with Gasteiger partial charge in [-0.3, -0.25) is 10.1 Å². The molecule has 0 aliphatic rings. The Morgan fingerprint density at radius 1 is 1.47 bits per heavy atom. The summed E-state index contributed by atoms with van der Waals surface area (Å²) >= 11 is 1.66. The Morgan fingerprint density at radius 2 is 2.41 bits per heavy atom. The first-order valence-corrected chi connectivity index (χ1v) is 6.14. The normalized spacial score (nSPS) is 10.9. The van der Waals surface area contributed by atoms with E-state index in [9.17, 15) is 0 Å². The first kappa shape index (κ1) is 10.2. The molecular weight excluding hydrogens is 234 g/mol. The fourth-order valence-electron chi connectivity index (χ4n) is 1.65. The summed E-state index contributed by atoms with van der Waals surface area (Å²) in [5.41, 5.74) is 3.86. The van der Waals surface area contributed by atoms with Gasteiger partial charge in [-0.05, 0) is 13.0 Å². The molecule has 3 aromatic rings. The van der Waals surface area contributed by atoms with Crippen LogP contribution < -0.4 is 5.32 Å². The minimum atomic E-state index is 0.719. The van der Waals surface area contributed by atoms with E-state index >= 15 is 0 Å². The molecule has 0 saturated heterocycles. The Hall–Kier alpha value is -1.95. The molecule has 0 radical (unpaired) electrons. The number of nitrogens with one attached hydrogen (secondary N) is 2. The fraction of sp³-hybridized carbons (Fsp3) is 0.182. The standard InChI is InChI=1S/C11H11N5S/c1-7-6-17-10(15-7)5-13-8-2-3-12-9-4-14-16-11(8)9/h2-4,6H,5H2,1H3,(H,12,13)(H,14,16). The average Bonchev–Trinajstić information content (AvgIpc) is 2.94. The van der Waals surface area contributed by atoms with Crippen LogP contribution in [0.4, 0.5) is 5.69 Å². The van der Waals surface area contributed by atoms with Crippen LogP contribution in [0.1, 0.15) is 10.7 Å². The third-order valence-electron chi connectivity index (χ3n) is 2.44. The second-order valence-corrected chi connectivity index (χ2v) is 4.67. The monoisotopic (exact) mass is 245 g/mol. The van der Waals surface area contributed by atoms with E-state index in [1.165, 1.54) is 0 Å². The second kappa shape index (κ2) is 4.14. The Kier molecular flexibility index (Phi) is 2.49. The van der Waals surface area contributed by atoms with E-state index in [0.29, 0.717) is 0 Å². The quantitative estimate of drug-likeness (QED) is 0.743. The molecule has 0 fully saturated rings. The molecule has 3 rings (SSSR count). The van der Waals surface area contributed by atoms with Gasteiger partial charge in [-0.2, -0.15) is 5.10 Å². The summed E-state index contributed by atoms with van der Waals surface area (Å²) in [6, 6.07) is 1.93. The van der Waals surface area contributed by atoms with E-state index < -0.39 is 0 Å². The molecule has 5 nitrogen and oxygen atoms in total. The van der Waals surface area contributed by atoms with Crippen LogP contribution in [0, 0.1) is 6.92 Å². The number of hydrogen-bond acceptors (Lipinski definition) is 5. The van der Waals surface area contributed by atoms with E-state index in [1.54, 1.807) is 23.7 Å². The molecule has 0 bridgehead atoms. The van der Waals surface area contributed by atoms with Crippen LogP contribution in [-0.4, -0.2) is 20.2 Å². The van der Waals surface area contributed by atoms with E-state index in [1.807, 2.05) is 13.0 Å². The van der Waals surface area contributed by atoms with Crippen molar-refractivity contribution in [2.75, 3.05) is 5.32 Å². The van der Waals surface area contributed by atoms with E-state index in [2.05, 4.69) is 30.9 Å². The van der Waals surface area contributed by atoms with Crippen molar-refractivity contribution in [2.24, 2.45) is 0 Å². The molecule has 0 aromatic carbocycles. The third-order valence-corrected chi connectivity index (χ3v) is 3.41. The van der Waals surface area contributed by atoms with Gasteiger partial charge in [0, 0.05) is 17.3 Å². The molecule has 0 amide bonds. The summed E-state index contributed by atoms with van der Waals surface area (Å²) in [5, 5.41) is 13.4. The van der Waals surface area contributed by atoms with Crippen molar-refractivity contribution in [3.05, 3.63) is 34.5 Å². The molecule has 86 valence electrons. The van der Waals surface area contributed by atoms with Crippen LogP contribution >= 0.6 is 11.3 Å². The Bertz CT molecular complexity index is 642. The molecule has 0 aliphatic heterocycles. The van der Waals surface area contributed by atoms with Crippen LogP contribution in [-0.2, 0) is 6.54 Å². The summed E-state index contributed by atoms with van der Waals surface area (Å²) < 4.78 is 0. The van der Waals surface area contributed by atoms with E-state index in [-0.39, 0.29) is 0 Å². The minimum Gasteiger partial charge on any atom is -0.377 e. The maximum Gasteiger partial charge on any atom is 0.112 e. The minimum absolute atomic E-state index is 0.719. The highest BCUT2D eigenvalue weighted by Gasteiger charge is 2.04. The fourth-order valence-corrected chi connectivity index (χ4v) is 2.36. The van der Waals surface area contributed by atoms with Crippen molar-refractivity contribution in [3.63, 3.8) is 0 Å². The summed E-state index contributed by atoms with van der Waals surface area (Å²) in [4.78, 5) is 8.62. The van der Waals surface area contributed by atoms with Gasteiger partial charge in [0.2, 0.25) is 0 Å². The van der Waals surface area contributed by atoms with E-state index in [0.717, 1.165) is 34.0 Å². The first-order chi connectivity index (χ1) is 8.33. The first-order valence-electron chi connectivity index (χ1n) is 5.26. The number of nitrogens with zero attached hydrogens (tertiary/aromatic N) is 3. The number of aryl methyl sites for hydroxylation is 1. The van der Waals surface area contributed by atoms with Gasteiger partial charge in [0.15, 0.2) is 0 Å². The van der Waals surface area contributed by atoms with Crippen molar-refractivity contribution in [2.45, 2.75) is 13.5 Å². The van der Waals surface area contributed by atoms with Crippen LogP contribution in [0.25, 0.3) is 11.0 Å². The number of fused-ring (bicyclic) bond motifs is 1. The van der Waals surface area contributed by atoms with Gasteiger partial charge >= 0.3 is 0 Å². The number of rotatable bonds is 3. The van der Waals surface area contributed by atoms with Gasteiger partial charge in [-0.25, -0.2) is 4.98 Å². The van der Waals surface area contributed by atoms with Crippen molar-refractivity contribution in [1.29, 1.82) is 0 Å². The van der Waals surface area contributed by atoms with Crippen LogP contribution in [0.15, 0.2) is 23.8 Å². The Morgan fingerprint density at radius 3 is 3.24 bits per heavy atom. The van der Waals surface area contributed by atoms with Gasteiger partial charge in [0.1, 0.15) is 16.0 Å². The summed E-state index contributed by atoms with van der Waals surface area (Å²) in [5.74, 6) is 0. The van der Waals surface area contributed by atoms with Crippen molar-refractivity contribution in [3.8, 4) is 0 Å². The van der Waals surface area contributed by atoms with Crippen molar-refractivity contribution in [1.82, 2.24) is 20.2 Å². The number of aromatic amines is 1. The zero-order chi connectivity index (χ0) is 11.7. The molecule has 0 saturated carbocycles. The highest BCUT2D eigenvalue weighted by molar-refractivity contribution is 7.09. The van der Waals surface area contributed by atoms with Crippen molar-refractivity contribution >= 4 is 28.1 Å². The third kappa shape index (κ3) is 1.99. The van der Waals surface area contributed by atoms with E-state index in [4.69, 9.17) is 0 Å². The Balaban J connectivity index is 1.83. The van der Waals surface area contributed by atoms with Crippen molar-refractivity contribution < 1.29 is 0 Å². The lowest BCUT2D eigenvalue weighted by molar-refractivity contribution is 1.07. The average molecular weight is 245 g/mol. The maximum absolute atomic E-state index is 4.41. The molecule has 17 heavy (non-hydrogen) atoms. The summed E-state index contributed by atoms with van der Waals surface area (Å²) in [6.07, 6.45) is 3.49. The van der Waals surface area contributed by atoms with Gasteiger partial charge < -0.3 is 5.32 Å². The van der Waals surface area contributed by atoms with Crippen LogP contribution in [0.5, 0.6) is 0 Å². The number of thiazole rings is 1. The van der Waals surface area contributed by atoms with Crippen LogP contribution in [0.2, 0.25) is 0 Å². The molecule has 2 N–H and O–H groups in total. The van der Waals surface area contributed by atoms with Gasteiger partial charge in [0.25, 0.3) is 0 Å². The molecule has 0 aliphatic carbocycles. The number of pyridine rings is 1. The second-order valence-electron chi connectivity index (χ2n) is 3.72. The highest BCUT2D eigenvalue weighted by atomic mass is 32.1.